The van der Waals surface area contributed by atoms with Crippen molar-refractivity contribution in [3.8, 4) is 0 Å². The molecular weight excluding hydrogens is 180 g/mol. The second kappa shape index (κ2) is 2.49. The third-order valence-corrected chi connectivity index (χ3v) is 3.67. The van der Waals surface area contributed by atoms with Gasteiger partial charge >= 0.3 is 0 Å². The van der Waals surface area contributed by atoms with Crippen molar-refractivity contribution in [1.82, 2.24) is 10.6 Å². The number of amides is 2. The van der Waals surface area contributed by atoms with Crippen LogP contribution < -0.4 is 10.6 Å². The second-order valence-electron chi connectivity index (χ2n) is 4.71. The van der Waals surface area contributed by atoms with Crippen molar-refractivity contribution >= 4 is 11.8 Å². The van der Waals surface area contributed by atoms with E-state index in [0.29, 0.717) is 5.92 Å². The normalized spacial score (nSPS) is 34.7. The van der Waals surface area contributed by atoms with Crippen LogP contribution in [0.1, 0.15) is 32.1 Å². The van der Waals surface area contributed by atoms with Crippen LogP contribution in [-0.4, -0.2) is 23.4 Å². The summed E-state index contributed by atoms with van der Waals surface area (Å²) in [4.78, 5) is 23.5. The van der Waals surface area contributed by atoms with Gasteiger partial charge in [-0.2, -0.15) is 0 Å². The predicted molar refractivity (Wildman–Crippen MR) is 49.4 cm³/mol. The molecule has 0 bridgehead atoms. The van der Waals surface area contributed by atoms with Crippen molar-refractivity contribution < 1.29 is 9.59 Å². The molecule has 1 saturated heterocycles. The lowest BCUT2D eigenvalue weighted by molar-refractivity contribution is -0.145. The summed E-state index contributed by atoms with van der Waals surface area (Å²) in [6.45, 7) is 0. The Bertz CT molecular complexity index is 305. The van der Waals surface area contributed by atoms with Crippen LogP contribution in [0.2, 0.25) is 0 Å². The van der Waals surface area contributed by atoms with Gasteiger partial charge in [0.2, 0.25) is 11.8 Å². The molecule has 0 aromatic rings. The zero-order valence-corrected chi connectivity index (χ0v) is 8.01. The third kappa shape index (κ3) is 0.996. The summed E-state index contributed by atoms with van der Waals surface area (Å²) in [5.74, 6) is 0.475. The molecule has 3 aliphatic rings. The Morgan fingerprint density at radius 1 is 1.21 bits per heavy atom. The van der Waals surface area contributed by atoms with Gasteiger partial charge in [0, 0.05) is 0 Å². The van der Waals surface area contributed by atoms with Crippen LogP contribution in [0, 0.1) is 5.92 Å². The Kier molecular flexibility index (Phi) is 1.47. The Morgan fingerprint density at radius 3 is 2.43 bits per heavy atom. The molecule has 1 atom stereocenters. The molecule has 4 nitrogen and oxygen atoms in total. The number of nitrogens with one attached hydrogen (secondary N) is 2. The van der Waals surface area contributed by atoms with E-state index in [1.165, 1.54) is 0 Å². The quantitative estimate of drug-likeness (QED) is 0.614. The molecule has 2 amide bonds. The van der Waals surface area contributed by atoms with E-state index in [0.717, 1.165) is 32.1 Å². The number of carbonyl (C=O) groups is 2. The first-order valence-corrected chi connectivity index (χ1v) is 5.34. The van der Waals surface area contributed by atoms with Gasteiger partial charge in [0.1, 0.15) is 11.6 Å². The van der Waals surface area contributed by atoms with E-state index in [1.54, 1.807) is 0 Å². The highest BCUT2D eigenvalue weighted by Gasteiger charge is 2.52. The molecule has 2 saturated carbocycles. The molecule has 1 aliphatic heterocycles. The molecular formula is C10H14N2O2. The Morgan fingerprint density at radius 2 is 1.93 bits per heavy atom. The second-order valence-corrected chi connectivity index (χ2v) is 4.71. The van der Waals surface area contributed by atoms with Crippen molar-refractivity contribution in [1.29, 1.82) is 0 Å². The molecule has 1 unspecified atom stereocenters. The van der Waals surface area contributed by atoms with Crippen molar-refractivity contribution in [2.75, 3.05) is 0 Å². The fourth-order valence-corrected chi connectivity index (χ4v) is 2.36. The van der Waals surface area contributed by atoms with Crippen LogP contribution in [0.5, 0.6) is 0 Å². The number of rotatable bonds is 1. The summed E-state index contributed by atoms with van der Waals surface area (Å²) in [7, 11) is 0. The molecule has 14 heavy (non-hydrogen) atoms. The number of carbonyl (C=O) groups excluding carboxylic acids is 2. The molecule has 0 aromatic heterocycles. The fourth-order valence-electron chi connectivity index (χ4n) is 2.36. The van der Waals surface area contributed by atoms with Gasteiger partial charge in [-0.25, -0.2) is 0 Å². The molecule has 2 N–H and O–H groups in total. The summed E-state index contributed by atoms with van der Waals surface area (Å²) >= 11 is 0. The molecule has 76 valence electrons. The van der Waals surface area contributed by atoms with Crippen LogP contribution in [-0.2, 0) is 9.59 Å². The van der Waals surface area contributed by atoms with Gasteiger partial charge in [-0.1, -0.05) is 0 Å². The van der Waals surface area contributed by atoms with E-state index in [9.17, 15) is 9.59 Å². The SMILES string of the molecule is O=C1NC2(CCC2)C(=O)NC1C1CC1. The van der Waals surface area contributed by atoms with Gasteiger partial charge in [0.05, 0.1) is 0 Å². The van der Waals surface area contributed by atoms with E-state index in [4.69, 9.17) is 0 Å². The number of hydrogen-bond acceptors (Lipinski definition) is 2. The maximum Gasteiger partial charge on any atom is 0.246 e. The lowest BCUT2D eigenvalue weighted by atomic mass is 9.74. The minimum Gasteiger partial charge on any atom is -0.342 e. The van der Waals surface area contributed by atoms with E-state index in [2.05, 4.69) is 10.6 Å². The van der Waals surface area contributed by atoms with Gasteiger partial charge in [-0.3, -0.25) is 9.59 Å². The van der Waals surface area contributed by atoms with Gasteiger partial charge in [-0.05, 0) is 38.0 Å². The smallest absolute Gasteiger partial charge is 0.246 e. The van der Waals surface area contributed by atoms with Gasteiger partial charge < -0.3 is 10.6 Å². The summed E-state index contributed by atoms with van der Waals surface area (Å²) in [5.41, 5.74) is -0.525. The van der Waals surface area contributed by atoms with Crippen LogP contribution in [0.4, 0.5) is 0 Å². The minimum absolute atomic E-state index is 0.0341. The standard InChI is InChI=1S/C10H14N2O2/c13-8-7(6-2-3-6)11-9(14)10(12-8)4-1-5-10/h6-7H,1-5H2,(H,11,14)(H,12,13). The van der Waals surface area contributed by atoms with Crippen molar-refractivity contribution in [3.05, 3.63) is 0 Å². The molecule has 1 spiro atoms. The maximum atomic E-state index is 11.8. The predicted octanol–water partition coefficient (Wildman–Crippen LogP) is -0.0663. The Labute approximate surface area is 82.4 Å². The third-order valence-electron chi connectivity index (χ3n) is 3.67. The first-order valence-electron chi connectivity index (χ1n) is 5.34. The Hall–Kier alpha value is -1.06. The lowest BCUT2D eigenvalue weighted by Crippen LogP contribution is -2.72. The van der Waals surface area contributed by atoms with Crippen LogP contribution in [0.15, 0.2) is 0 Å². The zero-order chi connectivity index (χ0) is 9.76. The zero-order valence-electron chi connectivity index (χ0n) is 8.01. The Balaban J connectivity index is 1.79. The van der Waals surface area contributed by atoms with Crippen molar-refractivity contribution in [2.24, 2.45) is 5.92 Å². The van der Waals surface area contributed by atoms with Gasteiger partial charge in [0.25, 0.3) is 0 Å². The molecule has 2 aliphatic carbocycles. The monoisotopic (exact) mass is 194 g/mol. The minimum atomic E-state index is -0.525. The summed E-state index contributed by atoms with van der Waals surface area (Å²) < 4.78 is 0. The number of piperazine rings is 1. The average molecular weight is 194 g/mol. The van der Waals surface area contributed by atoms with Crippen LogP contribution in [0.3, 0.4) is 0 Å². The first-order chi connectivity index (χ1) is 6.71. The summed E-state index contributed by atoms with van der Waals surface area (Å²) in [5, 5.41) is 5.77. The van der Waals surface area contributed by atoms with Gasteiger partial charge in [-0.15, -0.1) is 0 Å². The van der Waals surface area contributed by atoms with Gasteiger partial charge in [0.15, 0.2) is 0 Å². The van der Waals surface area contributed by atoms with Crippen molar-refractivity contribution in [2.45, 2.75) is 43.7 Å². The summed E-state index contributed by atoms with van der Waals surface area (Å²) in [6, 6.07) is -0.242. The first kappa shape index (κ1) is 8.26. The molecule has 3 fully saturated rings. The maximum absolute atomic E-state index is 11.8. The lowest BCUT2D eigenvalue weighted by Gasteiger charge is -2.45. The molecule has 0 aromatic carbocycles. The van der Waals surface area contributed by atoms with Crippen LogP contribution >= 0.6 is 0 Å². The highest BCUT2D eigenvalue weighted by molar-refractivity contribution is 6.00. The topological polar surface area (TPSA) is 58.2 Å². The van der Waals surface area contributed by atoms with E-state index in [-0.39, 0.29) is 17.9 Å². The van der Waals surface area contributed by atoms with E-state index >= 15 is 0 Å². The van der Waals surface area contributed by atoms with Crippen LogP contribution in [0.25, 0.3) is 0 Å². The average Bonchev–Trinajstić information content (AvgIpc) is 2.88. The van der Waals surface area contributed by atoms with E-state index < -0.39 is 5.54 Å². The highest BCUT2D eigenvalue weighted by atomic mass is 16.2. The van der Waals surface area contributed by atoms with E-state index in [1.807, 2.05) is 0 Å². The fraction of sp³-hybridized carbons (Fsp3) is 0.800. The summed E-state index contributed by atoms with van der Waals surface area (Å²) in [6.07, 6.45) is 4.81. The highest BCUT2D eigenvalue weighted by Crippen LogP contribution is 2.38. The molecule has 4 heteroatoms. The molecule has 1 heterocycles. The van der Waals surface area contributed by atoms with Crippen molar-refractivity contribution in [3.63, 3.8) is 0 Å². The number of hydrogen-bond donors (Lipinski definition) is 2. The molecule has 0 radical (unpaired) electrons. The molecule has 3 rings (SSSR count). The largest absolute Gasteiger partial charge is 0.342 e.